The molecule has 0 radical (unpaired) electrons. The Morgan fingerprint density at radius 1 is 1.40 bits per heavy atom. The van der Waals surface area contributed by atoms with Crippen molar-refractivity contribution in [3.8, 4) is 0 Å². The van der Waals surface area contributed by atoms with Gasteiger partial charge in [0.15, 0.2) is 0 Å². The predicted molar refractivity (Wildman–Crippen MR) is 77.6 cm³/mol. The van der Waals surface area contributed by atoms with E-state index >= 15 is 0 Å². The Labute approximate surface area is 118 Å². The van der Waals surface area contributed by atoms with Crippen LogP contribution in [0.15, 0.2) is 18.2 Å². The molecule has 1 aromatic rings. The monoisotopic (exact) mass is 280 g/mol. The van der Waals surface area contributed by atoms with Gasteiger partial charge >= 0.3 is 0 Å². The van der Waals surface area contributed by atoms with Gasteiger partial charge in [0, 0.05) is 25.2 Å². The minimum atomic E-state index is -0.305. The van der Waals surface area contributed by atoms with Gasteiger partial charge in [-0.2, -0.15) is 0 Å². The van der Waals surface area contributed by atoms with Gasteiger partial charge in [0.05, 0.1) is 18.9 Å². The molecule has 1 fully saturated rings. The zero-order chi connectivity index (χ0) is 14.4. The van der Waals surface area contributed by atoms with E-state index < -0.39 is 0 Å². The van der Waals surface area contributed by atoms with Gasteiger partial charge in [-0.3, -0.25) is 4.79 Å². The van der Waals surface area contributed by atoms with E-state index in [1.165, 1.54) is 6.07 Å². The molecule has 1 aliphatic heterocycles. The molecule has 110 valence electrons. The lowest BCUT2D eigenvalue weighted by Gasteiger charge is -2.29. The lowest BCUT2D eigenvalue weighted by Crippen LogP contribution is -2.36. The fraction of sp³-hybridized carbons (Fsp3) is 0.533. The molecule has 4 nitrogen and oxygen atoms in total. The van der Waals surface area contributed by atoms with Crippen molar-refractivity contribution in [3.05, 3.63) is 24.0 Å². The molecule has 1 aromatic carbocycles. The van der Waals surface area contributed by atoms with Gasteiger partial charge in [-0.25, -0.2) is 4.39 Å². The first-order valence-electron chi connectivity index (χ1n) is 7.13. The molecule has 0 aromatic heterocycles. The van der Waals surface area contributed by atoms with Gasteiger partial charge in [0.25, 0.3) is 0 Å². The Bertz CT molecular complexity index is 459. The third kappa shape index (κ3) is 3.93. The highest BCUT2D eigenvalue weighted by atomic mass is 19.1. The van der Waals surface area contributed by atoms with Crippen LogP contribution >= 0.6 is 0 Å². The van der Waals surface area contributed by atoms with Crippen molar-refractivity contribution in [1.82, 2.24) is 0 Å². The van der Waals surface area contributed by atoms with E-state index in [-0.39, 0.29) is 11.7 Å². The Hall–Kier alpha value is -1.62. The first kappa shape index (κ1) is 14.8. The number of ether oxygens (including phenoxy) is 1. The minimum absolute atomic E-state index is 0.0645. The van der Waals surface area contributed by atoms with E-state index in [9.17, 15) is 9.18 Å². The van der Waals surface area contributed by atoms with Crippen molar-refractivity contribution >= 4 is 17.3 Å². The number of hydrogen-bond acceptors (Lipinski definition) is 3. The van der Waals surface area contributed by atoms with Gasteiger partial charge < -0.3 is 15.0 Å². The topological polar surface area (TPSA) is 41.6 Å². The quantitative estimate of drug-likeness (QED) is 0.901. The highest BCUT2D eigenvalue weighted by Gasteiger charge is 2.15. The summed E-state index contributed by atoms with van der Waals surface area (Å²) < 4.78 is 19.4. The van der Waals surface area contributed by atoms with Crippen LogP contribution in [0.2, 0.25) is 0 Å². The second kappa shape index (κ2) is 7.24. The van der Waals surface area contributed by atoms with Gasteiger partial charge in [-0.1, -0.05) is 13.3 Å². The lowest BCUT2D eigenvalue weighted by molar-refractivity contribution is -0.116. The predicted octanol–water partition coefficient (Wildman–Crippen LogP) is 2.79. The molecular weight excluding hydrogens is 259 g/mol. The van der Waals surface area contributed by atoms with Gasteiger partial charge in [-0.15, -0.1) is 0 Å². The molecule has 0 aliphatic carbocycles. The maximum atomic E-state index is 14.1. The van der Waals surface area contributed by atoms with Crippen LogP contribution in [0.1, 0.15) is 26.2 Å². The maximum Gasteiger partial charge on any atom is 0.224 e. The number of benzene rings is 1. The number of unbranched alkanes of at least 4 members (excludes halogenated alkanes) is 1. The molecule has 0 atom stereocenters. The van der Waals surface area contributed by atoms with Crippen LogP contribution in [0.5, 0.6) is 0 Å². The van der Waals surface area contributed by atoms with Crippen molar-refractivity contribution in [1.29, 1.82) is 0 Å². The van der Waals surface area contributed by atoms with Crippen molar-refractivity contribution in [3.63, 3.8) is 0 Å². The number of nitrogens with one attached hydrogen (secondary N) is 1. The summed E-state index contributed by atoms with van der Waals surface area (Å²) in [5, 5.41) is 2.73. The summed E-state index contributed by atoms with van der Waals surface area (Å²) in [6.45, 7) is 4.66. The van der Waals surface area contributed by atoms with Crippen LogP contribution in [-0.4, -0.2) is 32.2 Å². The molecule has 2 rings (SSSR count). The maximum absolute atomic E-state index is 14.1. The highest BCUT2D eigenvalue weighted by Crippen LogP contribution is 2.23. The smallest absolute Gasteiger partial charge is 0.224 e. The van der Waals surface area contributed by atoms with Gasteiger partial charge in [0.2, 0.25) is 5.91 Å². The van der Waals surface area contributed by atoms with Crippen molar-refractivity contribution < 1.29 is 13.9 Å². The minimum Gasteiger partial charge on any atom is -0.378 e. The zero-order valence-electron chi connectivity index (χ0n) is 11.8. The normalized spacial score (nSPS) is 15.2. The molecule has 1 aliphatic rings. The molecule has 0 unspecified atom stereocenters. The summed E-state index contributed by atoms with van der Waals surface area (Å²) in [5.41, 5.74) is 1.08. The number of anilines is 2. The molecule has 1 amide bonds. The SMILES string of the molecule is CCCCC(=O)Nc1ccc(N2CCOCC2)c(F)c1. The zero-order valence-corrected chi connectivity index (χ0v) is 11.8. The molecule has 0 bridgehead atoms. The third-order valence-corrected chi connectivity index (χ3v) is 3.34. The van der Waals surface area contributed by atoms with Crippen molar-refractivity contribution in [2.24, 2.45) is 0 Å². The molecule has 0 saturated carbocycles. The first-order chi connectivity index (χ1) is 9.70. The van der Waals surface area contributed by atoms with E-state index in [1.54, 1.807) is 12.1 Å². The molecular formula is C15H21FN2O2. The number of rotatable bonds is 5. The second-order valence-electron chi connectivity index (χ2n) is 4.92. The number of nitrogens with zero attached hydrogens (tertiary/aromatic N) is 1. The van der Waals surface area contributed by atoms with Crippen LogP contribution in [-0.2, 0) is 9.53 Å². The van der Waals surface area contributed by atoms with Crippen LogP contribution in [0.25, 0.3) is 0 Å². The third-order valence-electron chi connectivity index (χ3n) is 3.34. The summed E-state index contributed by atoms with van der Waals surface area (Å²) in [7, 11) is 0. The van der Waals surface area contributed by atoms with Gasteiger partial charge in [-0.05, 0) is 24.6 Å². The molecule has 1 saturated heterocycles. The summed E-state index contributed by atoms with van der Waals surface area (Å²) in [5.74, 6) is -0.370. The van der Waals surface area contributed by atoms with Crippen LogP contribution in [0.4, 0.5) is 15.8 Å². The van der Waals surface area contributed by atoms with E-state index in [1.807, 2.05) is 11.8 Å². The molecule has 5 heteroatoms. The Balaban J connectivity index is 1.99. The average molecular weight is 280 g/mol. The fourth-order valence-corrected chi connectivity index (χ4v) is 2.21. The Kier molecular flexibility index (Phi) is 5.35. The Morgan fingerprint density at radius 3 is 2.80 bits per heavy atom. The average Bonchev–Trinajstić information content (AvgIpc) is 2.46. The molecule has 0 spiro atoms. The van der Waals surface area contributed by atoms with Crippen LogP contribution < -0.4 is 10.2 Å². The van der Waals surface area contributed by atoms with Crippen molar-refractivity contribution in [2.45, 2.75) is 26.2 Å². The first-order valence-corrected chi connectivity index (χ1v) is 7.13. The largest absolute Gasteiger partial charge is 0.378 e. The standard InChI is InChI=1S/C15H21FN2O2/c1-2-3-4-15(19)17-12-5-6-14(13(16)11-12)18-7-9-20-10-8-18/h5-6,11H,2-4,7-10H2,1H3,(H,17,19). The van der Waals surface area contributed by atoms with Crippen molar-refractivity contribution in [2.75, 3.05) is 36.5 Å². The molecule has 20 heavy (non-hydrogen) atoms. The van der Waals surface area contributed by atoms with Crippen LogP contribution in [0, 0.1) is 5.82 Å². The summed E-state index contributed by atoms with van der Waals surface area (Å²) in [6.07, 6.45) is 2.29. The van der Waals surface area contributed by atoms with Gasteiger partial charge in [0.1, 0.15) is 5.82 Å². The lowest BCUT2D eigenvalue weighted by atomic mass is 10.2. The number of morpholine rings is 1. The fourth-order valence-electron chi connectivity index (χ4n) is 2.21. The number of halogens is 1. The van der Waals surface area contributed by atoms with Crippen LogP contribution in [0.3, 0.4) is 0 Å². The van der Waals surface area contributed by atoms with E-state index in [0.717, 1.165) is 12.8 Å². The summed E-state index contributed by atoms with van der Waals surface area (Å²) in [4.78, 5) is 13.6. The molecule has 1 N–H and O–H groups in total. The number of carbonyl (C=O) groups excluding carboxylic acids is 1. The highest BCUT2D eigenvalue weighted by molar-refractivity contribution is 5.90. The number of amides is 1. The summed E-state index contributed by atoms with van der Waals surface area (Å²) >= 11 is 0. The van der Waals surface area contributed by atoms with E-state index in [4.69, 9.17) is 4.74 Å². The number of carbonyl (C=O) groups is 1. The number of hydrogen-bond donors (Lipinski definition) is 1. The molecule has 1 heterocycles. The summed E-state index contributed by atoms with van der Waals surface area (Å²) in [6, 6.07) is 4.85. The van der Waals surface area contributed by atoms with E-state index in [0.29, 0.717) is 44.1 Å². The second-order valence-corrected chi connectivity index (χ2v) is 4.92. The van der Waals surface area contributed by atoms with E-state index in [2.05, 4.69) is 5.32 Å². The Morgan fingerprint density at radius 2 is 2.15 bits per heavy atom.